The van der Waals surface area contributed by atoms with Gasteiger partial charge in [0.15, 0.2) is 9.84 Å². The first-order chi connectivity index (χ1) is 9.27. The molecule has 1 aromatic carbocycles. The van der Waals surface area contributed by atoms with Gasteiger partial charge in [-0.25, -0.2) is 12.8 Å². The van der Waals surface area contributed by atoms with Gasteiger partial charge in [0.1, 0.15) is 11.4 Å². The molecular formula is C14H17FN2O2S. The van der Waals surface area contributed by atoms with E-state index in [-0.39, 0.29) is 0 Å². The SMILES string of the molecule is Cc1cc(F)cc(NC2(C#N)CCCC2S(C)(=O)=O)c1. The van der Waals surface area contributed by atoms with Crippen molar-refractivity contribution in [3.63, 3.8) is 0 Å². The number of hydrogen-bond acceptors (Lipinski definition) is 4. The van der Waals surface area contributed by atoms with E-state index in [1.54, 1.807) is 13.0 Å². The Morgan fingerprint density at radius 3 is 2.70 bits per heavy atom. The molecule has 1 fully saturated rings. The molecule has 1 aromatic rings. The molecule has 108 valence electrons. The van der Waals surface area contributed by atoms with Crippen molar-refractivity contribution in [2.24, 2.45) is 0 Å². The molecule has 2 rings (SSSR count). The molecule has 0 radical (unpaired) electrons. The number of aryl methyl sites for hydroxylation is 1. The van der Waals surface area contributed by atoms with E-state index in [4.69, 9.17) is 0 Å². The van der Waals surface area contributed by atoms with Crippen LogP contribution in [0.3, 0.4) is 0 Å². The van der Waals surface area contributed by atoms with E-state index < -0.39 is 26.4 Å². The Balaban J connectivity index is 2.40. The minimum atomic E-state index is -3.34. The van der Waals surface area contributed by atoms with Gasteiger partial charge in [0.2, 0.25) is 0 Å². The molecule has 0 spiro atoms. The van der Waals surface area contributed by atoms with Gasteiger partial charge in [0.25, 0.3) is 0 Å². The molecule has 0 aromatic heterocycles. The molecule has 1 N–H and O–H groups in total. The van der Waals surface area contributed by atoms with Crippen LogP contribution in [0, 0.1) is 24.1 Å². The van der Waals surface area contributed by atoms with Gasteiger partial charge >= 0.3 is 0 Å². The lowest BCUT2D eigenvalue weighted by Gasteiger charge is -2.29. The van der Waals surface area contributed by atoms with Gasteiger partial charge in [-0.05, 0) is 49.9 Å². The molecule has 6 heteroatoms. The maximum absolute atomic E-state index is 13.4. The highest BCUT2D eigenvalue weighted by atomic mass is 32.2. The summed E-state index contributed by atoms with van der Waals surface area (Å²) in [6.45, 7) is 1.75. The first kappa shape index (κ1) is 14.8. The lowest BCUT2D eigenvalue weighted by atomic mass is 9.98. The number of hydrogen-bond donors (Lipinski definition) is 1. The van der Waals surface area contributed by atoms with Crippen LogP contribution in [0.4, 0.5) is 10.1 Å². The summed E-state index contributed by atoms with van der Waals surface area (Å²) < 4.78 is 37.2. The number of nitriles is 1. The molecule has 1 aliphatic carbocycles. The van der Waals surface area contributed by atoms with Crippen molar-refractivity contribution < 1.29 is 12.8 Å². The van der Waals surface area contributed by atoms with Crippen LogP contribution in [0.25, 0.3) is 0 Å². The molecule has 4 nitrogen and oxygen atoms in total. The van der Waals surface area contributed by atoms with Crippen LogP contribution in [0.2, 0.25) is 0 Å². The average Bonchev–Trinajstić information content (AvgIpc) is 2.71. The van der Waals surface area contributed by atoms with Crippen LogP contribution in [-0.4, -0.2) is 25.5 Å². The van der Waals surface area contributed by atoms with Gasteiger partial charge in [0, 0.05) is 11.9 Å². The largest absolute Gasteiger partial charge is 0.366 e. The first-order valence-electron chi connectivity index (χ1n) is 6.42. The fraction of sp³-hybridized carbons (Fsp3) is 0.500. The third kappa shape index (κ3) is 2.78. The lowest BCUT2D eigenvalue weighted by molar-refractivity contribution is 0.551. The minimum Gasteiger partial charge on any atom is -0.366 e. The molecule has 2 unspecified atom stereocenters. The summed E-state index contributed by atoms with van der Waals surface area (Å²) in [4.78, 5) is 0. The Kier molecular flexibility index (Phi) is 3.74. The van der Waals surface area contributed by atoms with Crippen molar-refractivity contribution in [3.05, 3.63) is 29.6 Å². The zero-order valence-corrected chi connectivity index (χ0v) is 12.3. The second-order valence-electron chi connectivity index (χ2n) is 5.44. The zero-order chi connectivity index (χ0) is 15.0. The normalized spacial score (nSPS) is 26.2. The minimum absolute atomic E-state index is 0.408. The maximum atomic E-state index is 13.4. The van der Waals surface area contributed by atoms with Crippen LogP contribution < -0.4 is 5.32 Å². The van der Waals surface area contributed by atoms with E-state index in [1.165, 1.54) is 12.1 Å². The third-order valence-corrected chi connectivity index (χ3v) is 5.38. The maximum Gasteiger partial charge on any atom is 0.153 e. The summed E-state index contributed by atoms with van der Waals surface area (Å²) in [6, 6.07) is 6.48. The summed E-state index contributed by atoms with van der Waals surface area (Å²) in [7, 11) is -3.34. The van der Waals surface area contributed by atoms with E-state index in [0.29, 0.717) is 24.9 Å². The van der Waals surface area contributed by atoms with Crippen molar-refractivity contribution in [1.29, 1.82) is 5.26 Å². The fourth-order valence-electron chi connectivity index (χ4n) is 2.92. The van der Waals surface area contributed by atoms with Crippen LogP contribution >= 0.6 is 0 Å². The van der Waals surface area contributed by atoms with Gasteiger partial charge < -0.3 is 5.32 Å². The highest BCUT2D eigenvalue weighted by Crippen LogP contribution is 2.37. The molecule has 0 bridgehead atoms. The molecule has 0 heterocycles. The van der Waals surface area contributed by atoms with E-state index in [1.807, 2.05) is 0 Å². The molecular weight excluding hydrogens is 279 g/mol. The van der Waals surface area contributed by atoms with Crippen molar-refractivity contribution in [3.8, 4) is 6.07 Å². The molecule has 20 heavy (non-hydrogen) atoms. The summed E-state index contributed by atoms with van der Waals surface area (Å²) in [5.74, 6) is -0.408. The number of nitrogens with one attached hydrogen (secondary N) is 1. The van der Waals surface area contributed by atoms with Crippen molar-refractivity contribution >= 4 is 15.5 Å². The Bertz CT molecular complexity index is 646. The lowest BCUT2D eigenvalue weighted by Crippen LogP contribution is -2.47. The second-order valence-corrected chi connectivity index (χ2v) is 7.66. The zero-order valence-electron chi connectivity index (χ0n) is 11.5. The molecule has 1 aliphatic rings. The van der Waals surface area contributed by atoms with Crippen LogP contribution in [-0.2, 0) is 9.84 Å². The Labute approximate surface area is 118 Å². The number of benzene rings is 1. The Morgan fingerprint density at radius 2 is 2.15 bits per heavy atom. The van der Waals surface area contributed by atoms with E-state index in [0.717, 1.165) is 11.8 Å². The standard InChI is InChI=1S/C14H17FN2O2S/c1-10-6-11(15)8-12(7-10)17-14(9-16)5-3-4-13(14)20(2,18)19/h6-8,13,17H,3-5H2,1-2H3. The van der Waals surface area contributed by atoms with Gasteiger partial charge in [-0.3, -0.25) is 0 Å². The van der Waals surface area contributed by atoms with Crippen molar-refractivity contribution in [2.75, 3.05) is 11.6 Å². The predicted octanol–water partition coefficient (Wildman–Crippen LogP) is 2.41. The van der Waals surface area contributed by atoms with Gasteiger partial charge in [-0.1, -0.05) is 0 Å². The highest BCUT2D eigenvalue weighted by molar-refractivity contribution is 7.91. The molecule has 1 saturated carbocycles. The van der Waals surface area contributed by atoms with Crippen molar-refractivity contribution in [2.45, 2.75) is 37.0 Å². The molecule has 0 amide bonds. The number of sulfone groups is 1. The fourth-order valence-corrected chi connectivity index (χ4v) is 4.47. The van der Waals surface area contributed by atoms with Gasteiger partial charge in [-0.15, -0.1) is 0 Å². The molecule has 2 atom stereocenters. The second kappa shape index (κ2) is 5.06. The number of anilines is 1. The third-order valence-electron chi connectivity index (χ3n) is 3.71. The Hall–Kier alpha value is -1.61. The van der Waals surface area contributed by atoms with Gasteiger partial charge in [-0.2, -0.15) is 5.26 Å². The predicted molar refractivity (Wildman–Crippen MR) is 75.6 cm³/mol. The number of halogens is 1. The molecule has 0 saturated heterocycles. The summed E-state index contributed by atoms with van der Waals surface area (Å²) >= 11 is 0. The average molecular weight is 296 g/mol. The monoisotopic (exact) mass is 296 g/mol. The van der Waals surface area contributed by atoms with Gasteiger partial charge in [0.05, 0.1) is 11.3 Å². The van der Waals surface area contributed by atoms with Crippen LogP contribution in [0.15, 0.2) is 18.2 Å². The Morgan fingerprint density at radius 1 is 1.45 bits per heavy atom. The first-order valence-corrected chi connectivity index (χ1v) is 8.38. The van der Waals surface area contributed by atoms with E-state index >= 15 is 0 Å². The van der Waals surface area contributed by atoms with Crippen LogP contribution in [0.5, 0.6) is 0 Å². The molecule has 0 aliphatic heterocycles. The smallest absolute Gasteiger partial charge is 0.153 e. The number of nitrogens with zero attached hydrogens (tertiary/aromatic N) is 1. The number of rotatable bonds is 3. The van der Waals surface area contributed by atoms with E-state index in [2.05, 4.69) is 11.4 Å². The van der Waals surface area contributed by atoms with Crippen LogP contribution in [0.1, 0.15) is 24.8 Å². The summed E-state index contributed by atoms with van der Waals surface area (Å²) in [5.41, 5.74) is -0.0116. The summed E-state index contributed by atoms with van der Waals surface area (Å²) in [5, 5.41) is 11.7. The topological polar surface area (TPSA) is 70.0 Å². The highest BCUT2D eigenvalue weighted by Gasteiger charge is 2.48. The quantitative estimate of drug-likeness (QED) is 0.930. The summed E-state index contributed by atoms with van der Waals surface area (Å²) in [6.07, 6.45) is 2.70. The van der Waals surface area contributed by atoms with E-state index in [9.17, 15) is 18.1 Å². The van der Waals surface area contributed by atoms with Crippen molar-refractivity contribution in [1.82, 2.24) is 0 Å².